The maximum atomic E-state index is 13.0. The molecule has 2 aromatic carbocycles. The molecule has 0 radical (unpaired) electrons. The number of nitrogens with one attached hydrogen (secondary N) is 1. The average Bonchev–Trinajstić information content (AvgIpc) is 3.19. The Hall–Kier alpha value is -3.61. The maximum Gasteiger partial charge on any atom is 0.417 e. The van der Waals surface area contributed by atoms with Gasteiger partial charge >= 0.3 is 12.2 Å². The van der Waals surface area contributed by atoms with E-state index in [2.05, 4.69) is 20.3 Å². The summed E-state index contributed by atoms with van der Waals surface area (Å²) in [5.41, 5.74) is 6.02. The first kappa shape index (κ1) is 24.0. The largest absolute Gasteiger partial charge is 0.417 e. The van der Waals surface area contributed by atoms with Gasteiger partial charge < -0.3 is 11.1 Å². The summed E-state index contributed by atoms with van der Waals surface area (Å²) in [6.07, 6.45) is -1.91. The fourth-order valence-electron chi connectivity index (χ4n) is 2.91. The van der Waals surface area contributed by atoms with Crippen LogP contribution in [0.1, 0.15) is 5.56 Å². The number of anilines is 3. The van der Waals surface area contributed by atoms with Crippen molar-refractivity contribution < 1.29 is 23.2 Å². The van der Waals surface area contributed by atoms with E-state index in [0.29, 0.717) is 22.9 Å². The van der Waals surface area contributed by atoms with E-state index in [0.717, 1.165) is 6.07 Å². The van der Waals surface area contributed by atoms with Gasteiger partial charge in [0.25, 0.3) is 0 Å². The SMILES string of the molecule is Cl.Nc1ncnc2c1ncn2-c1ccc(N(O)C(=O)Nc2ccc(Cl)c(C(F)(F)F)c2)cc1. The number of nitrogens with zero attached hydrogens (tertiary/aromatic N) is 5. The number of nitrogens with two attached hydrogens (primary N) is 1. The Kier molecular flexibility index (Phi) is 6.63. The van der Waals surface area contributed by atoms with Crippen LogP contribution in [0.25, 0.3) is 16.9 Å². The molecule has 2 aromatic heterocycles. The lowest BCUT2D eigenvalue weighted by atomic mass is 10.2. The number of aromatic nitrogens is 4. The highest BCUT2D eigenvalue weighted by atomic mass is 35.5. The molecule has 4 rings (SSSR count). The maximum absolute atomic E-state index is 13.0. The molecule has 0 fully saturated rings. The molecule has 2 amide bonds. The number of benzene rings is 2. The van der Waals surface area contributed by atoms with Crippen LogP contribution in [0.3, 0.4) is 0 Å². The predicted octanol–water partition coefficient (Wildman–Crippen LogP) is 4.92. The molecule has 2 heterocycles. The Morgan fingerprint density at radius 3 is 2.48 bits per heavy atom. The molecule has 0 aliphatic heterocycles. The van der Waals surface area contributed by atoms with Gasteiger partial charge in [0.05, 0.1) is 16.3 Å². The number of carbonyl (C=O) groups excluding carboxylic acids is 1. The number of carbonyl (C=O) groups is 1. The molecule has 0 aliphatic rings. The van der Waals surface area contributed by atoms with Crippen LogP contribution in [-0.2, 0) is 6.18 Å². The number of hydrogen-bond donors (Lipinski definition) is 3. The molecule has 0 atom stereocenters. The second-order valence-corrected chi connectivity index (χ2v) is 6.90. The standard InChI is InChI=1S/C19H13ClF3N7O2.ClH/c20-14-6-1-10(7-13(14)19(21,22)23)28-18(31)30(32)12-4-2-11(3-5-12)29-9-27-15-16(24)25-8-26-17(15)29;/h1-9,32H,(H,28,31)(H2,24,25,26);1H. The molecule has 0 unspecified atom stereocenters. The van der Waals surface area contributed by atoms with Crippen molar-refractivity contribution in [1.82, 2.24) is 19.5 Å². The average molecular weight is 500 g/mol. The zero-order chi connectivity index (χ0) is 23.0. The molecule has 172 valence electrons. The van der Waals surface area contributed by atoms with Gasteiger partial charge in [-0.15, -0.1) is 12.4 Å². The molecule has 0 saturated heterocycles. The molecule has 4 aromatic rings. The van der Waals surface area contributed by atoms with Gasteiger partial charge in [0.15, 0.2) is 17.0 Å². The molecule has 0 saturated carbocycles. The van der Waals surface area contributed by atoms with Gasteiger partial charge in [0, 0.05) is 11.4 Å². The summed E-state index contributed by atoms with van der Waals surface area (Å²) in [5.74, 6) is 0.222. The van der Waals surface area contributed by atoms with Crippen molar-refractivity contribution in [3.63, 3.8) is 0 Å². The van der Waals surface area contributed by atoms with E-state index in [4.69, 9.17) is 17.3 Å². The van der Waals surface area contributed by atoms with E-state index < -0.39 is 22.8 Å². The quantitative estimate of drug-likeness (QED) is 0.271. The van der Waals surface area contributed by atoms with Crippen molar-refractivity contribution in [3.8, 4) is 5.69 Å². The summed E-state index contributed by atoms with van der Waals surface area (Å²) in [6, 6.07) is 7.80. The van der Waals surface area contributed by atoms with Gasteiger partial charge in [-0.05, 0) is 42.5 Å². The first-order chi connectivity index (χ1) is 15.1. The van der Waals surface area contributed by atoms with Gasteiger partial charge in [-0.25, -0.2) is 19.7 Å². The number of halogens is 5. The molecule has 0 spiro atoms. The number of hydrogen-bond acceptors (Lipinski definition) is 6. The van der Waals surface area contributed by atoms with Gasteiger partial charge in [0.1, 0.15) is 12.7 Å². The highest BCUT2D eigenvalue weighted by Crippen LogP contribution is 2.36. The van der Waals surface area contributed by atoms with Crippen molar-refractivity contribution in [2.45, 2.75) is 6.18 Å². The Balaban J connectivity index is 0.00000306. The summed E-state index contributed by atoms with van der Waals surface area (Å²) in [6.45, 7) is 0. The van der Waals surface area contributed by atoms with Gasteiger partial charge in [0.2, 0.25) is 0 Å². The van der Waals surface area contributed by atoms with Crippen molar-refractivity contribution in [3.05, 3.63) is 65.7 Å². The number of alkyl halides is 3. The van der Waals surface area contributed by atoms with Crippen LogP contribution in [-0.4, -0.2) is 30.8 Å². The lowest BCUT2D eigenvalue weighted by Gasteiger charge is -2.17. The number of imidazole rings is 1. The van der Waals surface area contributed by atoms with Crippen LogP contribution in [0.15, 0.2) is 55.1 Å². The molecular formula is C19H14Cl2F3N7O2. The van der Waals surface area contributed by atoms with Gasteiger partial charge in [-0.2, -0.15) is 18.2 Å². The van der Waals surface area contributed by atoms with E-state index in [1.54, 1.807) is 16.7 Å². The Morgan fingerprint density at radius 1 is 1.12 bits per heavy atom. The summed E-state index contributed by atoms with van der Waals surface area (Å²) >= 11 is 5.56. The van der Waals surface area contributed by atoms with Crippen LogP contribution in [0, 0.1) is 0 Å². The number of hydroxylamine groups is 1. The summed E-state index contributed by atoms with van der Waals surface area (Å²) in [4.78, 5) is 24.4. The summed E-state index contributed by atoms with van der Waals surface area (Å²) in [7, 11) is 0. The molecule has 33 heavy (non-hydrogen) atoms. The highest BCUT2D eigenvalue weighted by Gasteiger charge is 2.33. The Labute approximate surface area is 195 Å². The second kappa shape index (κ2) is 9.10. The monoisotopic (exact) mass is 499 g/mol. The molecule has 14 heteroatoms. The molecule has 9 nitrogen and oxygen atoms in total. The number of urea groups is 1. The molecular weight excluding hydrogens is 486 g/mol. The number of fused-ring (bicyclic) bond motifs is 1. The molecule has 4 N–H and O–H groups in total. The van der Waals surface area contributed by atoms with Crippen LogP contribution < -0.4 is 16.1 Å². The van der Waals surface area contributed by atoms with Crippen molar-refractivity contribution in [2.24, 2.45) is 0 Å². The third-order valence-corrected chi connectivity index (χ3v) is 4.78. The Morgan fingerprint density at radius 2 is 1.82 bits per heavy atom. The number of nitrogen functional groups attached to an aromatic ring is 1. The molecule has 0 aliphatic carbocycles. The zero-order valence-corrected chi connectivity index (χ0v) is 17.9. The highest BCUT2D eigenvalue weighted by molar-refractivity contribution is 6.31. The first-order valence-corrected chi connectivity index (χ1v) is 9.23. The smallest absolute Gasteiger partial charge is 0.382 e. The van der Waals surface area contributed by atoms with Crippen molar-refractivity contribution in [2.75, 3.05) is 16.1 Å². The van der Waals surface area contributed by atoms with Crippen LogP contribution in [0.2, 0.25) is 5.02 Å². The minimum atomic E-state index is -4.69. The summed E-state index contributed by atoms with van der Waals surface area (Å²) < 4.78 is 40.6. The second-order valence-electron chi connectivity index (χ2n) is 6.50. The molecule has 0 bridgehead atoms. The Bertz CT molecular complexity index is 1310. The van der Waals surface area contributed by atoms with E-state index in [1.165, 1.54) is 30.9 Å². The lowest BCUT2D eigenvalue weighted by Crippen LogP contribution is -2.31. The predicted molar refractivity (Wildman–Crippen MR) is 118 cm³/mol. The van der Waals surface area contributed by atoms with Crippen LogP contribution in [0.4, 0.5) is 35.2 Å². The minimum absolute atomic E-state index is 0. The minimum Gasteiger partial charge on any atom is -0.382 e. The van der Waals surface area contributed by atoms with Crippen molar-refractivity contribution >= 4 is 58.4 Å². The van der Waals surface area contributed by atoms with E-state index in [9.17, 15) is 23.2 Å². The fourth-order valence-corrected chi connectivity index (χ4v) is 3.13. The van der Waals surface area contributed by atoms with E-state index >= 15 is 0 Å². The topological polar surface area (TPSA) is 122 Å². The van der Waals surface area contributed by atoms with Gasteiger partial charge in [-0.1, -0.05) is 11.6 Å². The van der Waals surface area contributed by atoms with Crippen molar-refractivity contribution in [1.29, 1.82) is 0 Å². The first-order valence-electron chi connectivity index (χ1n) is 8.86. The zero-order valence-electron chi connectivity index (χ0n) is 16.3. The number of rotatable bonds is 3. The van der Waals surface area contributed by atoms with Crippen LogP contribution >= 0.6 is 24.0 Å². The third-order valence-electron chi connectivity index (χ3n) is 4.45. The van der Waals surface area contributed by atoms with Crippen LogP contribution in [0.5, 0.6) is 0 Å². The third kappa shape index (κ3) is 4.77. The van der Waals surface area contributed by atoms with E-state index in [-0.39, 0.29) is 34.7 Å². The number of amides is 2. The fraction of sp³-hybridized carbons (Fsp3) is 0.0526. The lowest BCUT2D eigenvalue weighted by molar-refractivity contribution is -0.137. The summed E-state index contributed by atoms with van der Waals surface area (Å²) in [5, 5.41) is 12.1. The normalized spacial score (nSPS) is 11.2. The van der Waals surface area contributed by atoms with Gasteiger partial charge in [-0.3, -0.25) is 9.77 Å². The van der Waals surface area contributed by atoms with E-state index in [1.807, 2.05) is 0 Å².